The summed E-state index contributed by atoms with van der Waals surface area (Å²) < 4.78 is 6.31. The molecule has 1 aromatic rings. The molecule has 5 unspecified atom stereocenters. The molecule has 0 saturated heterocycles. The third-order valence-electron chi connectivity index (χ3n) is 6.57. The molecule has 5 atom stereocenters. The number of nitrogens with one attached hydrogen (secondary N) is 3. The standard InChI is InChI=1S/C28H44N4O4/c1-9-19(6)24(32(7)8)28(35)31-23-25(18(4)5)36-21-12-10-20(11-13-21)14-15-29-26(33)22(16-17(2)3)30-27(23)34/h10-15,17-19,22-25H,9,16H2,1-8H3,(H,29,33)(H,30,34)(H,31,35)/b15-14+. The van der Waals surface area contributed by atoms with E-state index in [0.717, 1.165) is 12.0 Å². The second kappa shape index (κ2) is 13.4. The molecule has 2 bridgehead atoms. The average Bonchev–Trinajstić information content (AvgIpc) is 2.80. The third kappa shape index (κ3) is 8.08. The van der Waals surface area contributed by atoms with E-state index in [-0.39, 0.29) is 29.6 Å². The van der Waals surface area contributed by atoms with E-state index in [9.17, 15) is 14.4 Å². The van der Waals surface area contributed by atoms with E-state index in [0.29, 0.717) is 12.2 Å². The molecule has 3 N–H and O–H groups in total. The highest BCUT2D eigenvalue weighted by Gasteiger charge is 2.38. The molecule has 8 nitrogen and oxygen atoms in total. The summed E-state index contributed by atoms with van der Waals surface area (Å²) in [4.78, 5) is 42.1. The normalized spacial score (nSPS) is 23.5. The first-order valence-electron chi connectivity index (χ1n) is 12.9. The fourth-order valence-electron chi connectivity index (χ4n) is 4.45. The van der Waals surface area contributed by atoms with Gasteiger partial charge in [-0.15, -0.1) is 0 Å². The van der Waals surface area contributed by atoms with Crippen LogP contribution in [0.25, 0.3) is 6.08 Å². The van der Waals surface area contributed by atoms with Crippen LogP contribution >= 0.6 is 0 Å². The van der Waals surface area contributed by atoms with Crippen molar-refractivity contribution < 1.29 is 19.1 Å². The maximum Gasteiger partial charge on any atom is 0.247 e. The van der Waals surface area contributed by atoms with Gasteiger partial charge in [0.15, 0.2) is 0 Å². The number of hydrogen-bond donors (Lipinski definition) is 3. The van der Waals surface area contributed by atoms with E-state index in [1.165, 1.54) is 0 Å². The summed E-state index contributed by atoms with van der Waals surface area (Å²) in [7, 11) is 3.72. The van der Waals surface area contributed by atoms with E-state index in [1.54, 1.807) is 12.3 Å². The van der Waals surface area contributed by atoms with Gasteiger partial charge in [0.2, 0.25) is 17.7 Å². The summed E-state index contributed by atoms with van der Waals surface area (Å²) >= 11 is 0. The van der Waals surface area contributed by atoms with Crippen molar-refractivity contribution in [3.05, 3.63) is 36.0 Å². The van der Waals surface area contributed by atoms with Crippen LogP contribution in [0.4, 0.5) is 0 Å². The Kier molecular flexibility index (Phi) is 11.0. The highest BCUT2D eigenvalue weighted by molar-refractivity contribution is 5.94. The van der Waals surface area contributed by atoms with Crippen LogP contribution in [0.2, 0.25) is 0 Å². The minimum atomic E-state index is -0.996. The fraction of sp³-hybridized carbons (Fsp3) is 0.607. The smallest absolute Gasteiger partial charge is 0.247 e. The summed E-state index contributed by atoms with van der Waals surface area (Å²) in [6.45, 7) is 12.0. The van der Waals surface area contributed by atoms with Crippen LogP contribution in [0.3, 0.4) is 0 Å². The lowest BCUT2D eigenvalue weighted by Gasteiger charge is -2.35. The second-order valence-corrected chi connectivity index (χ2v) is 10.7. The van der Waals surface area contributed by atoms with Crippen LogP contribution < -0.4 is 20.7 Å². The largest absolute Gasteiger partial charge is 0.487 e. The van der Waals surface area contributed by atoms with Gasteiger partial charge in [-0.25, -0.2) is 0 Å². The van der Waals surface area contributed by atoms with Gasteiger partial charge in [-0.1, -0.05) is 60.1 Å². The molecule has 0 aromatic heterocycles. The van der Waals surface area contributed by atoms with Crippen LogP contribution in [0.15, 0.2) is 30.5 Å². The van der Waals surface area contributed by atoms with E-state index in [4.69, 9.17) is 4.74 Å². The number of benzene rings is 1. The Hall–Kier alpha value is -2.87. The Morgan fingerprint density at radius 1 is 1.06 bits per heavy atom. The molecule has 2 heterocycles. The zero-order chi connectivity index (χ0) is 27.0. The van der Waals surface area contributed by atoms with Crippen molar-refractivity contribution in [1.29, 1.82) is 0 Å². The lowest BCUT2D eigenvalue weighted by Crippen LogP contribution is -2.62. The van der Waals surface area contributed by atoms with Gasteiger partial charge in [0.05, 0.1) is 6.04 Å². The molecule has 200 valence electrons. The number of ether oxygens (including phenoxy) is 1. The Bertz CT molecular complexity index is 911. The number of carbonyl (C=O) groups is 3. The molecule has 2 aliphatic heterocycles. The third-order valence-corrected chi connectivity index (χ3v) is 6.57. The Morgan fingerprint density at radius 2 is 1.69 bits per heavy atom. The van der Waals surface area contributed by atoms with Crippen molar-refractivity contribution in [2.24, 2.45) is 17.8 Å². The van der Waals surface area contributed by atoms with Gasteiger partial charge in [-0.05, 0) is 62.0 Å². The molecule has 36 heavy (non-hydrogen) atoms. The quantitative estimate of drug-likeness (QED) is 0.509. The van der Waals surface area contributed by atoms with Crippen LogP contribution in [-0.2, 0) is 14.4 Å². The lowest BCUT2D eigenvalue weighted by atomic mass is 9.94. The summed E-state index contributed by atoms with van der Waals surface area (Å²) in [6.07, 6.45) is 3.99. The van der Waals surface area contributed by atoms with Gasteiger partial charge in [0, 0.05) is 6.20 Å². The predicted molar refractivity (Wildman–Crippen MR) is 143 cm³/mol. The minimum absolute atomic E-state index is 0.0822. The first kappa shape index (κ1) is 29.4. The van der Waals surface area contributed by atoms with Gasteiger partial charge < -0.3 is 20.7 Å². The van der Waals surface area contributed by atoms with Gasteiger partial charge in [0.1, 0.15) is 23.9 Å². The van der Waals surface area contributed by atoms with Crippen molar-refractivity contribution in [3.63, 3.8) is 0 Å². The number of rotatable bonds is 8. The number of carbonyl (C=O) groups excluding carboxylic acids is 3. The first-order valence-corrected chi connectivity index (χ1v) is 12.9. The molecule has 3 rings (SSSR count). The molecule has 1 aromatic carbocycles. The maximum atomic E-state index is 13.7. The molecule has 0 spiro atoms. The van der Waals surface area contributed by atoms with Crippen molar-refractivity contribution in [3.8, 4) is 5.75 Å². The van der Waals surface area contributed by atoms with Gasteiger partial charge in [0.25, 0.3) is 0 Å². The predicted octanol–water partition coefficient (Wildman–Crippen LogP) is 3.18. The van der Waals surface area contributed by atoms with Crippen molar-refractivity contribution in [2.45, 2.75) is 78.6 Å². The van der Waals surface area contributed by atoms with Gasteiger partial charge in [-0.2, -0.15) is 0 Å². The molecule has 0 fully saturated rings. The molecule has 3 amide bonds. The Morgan fingerprint density at radius 3 is 2.22 bits per heavy atom. The van der Waals surface area contributed by atoms with E-state index in [2.05, 4.69) is 16.0 Å². The molecule has 8 heteroatoms. The number of likely N-dealkylation sites (N-methyl/N-ethyl adjacent to an activating group) is 1. The highest BCUT2D eigenvalue weighted by atomic mass is 16.5. The minimum Gasteiger partial charge on any atom is -0.487 e. The number of hydrogen-bond acceptors (Lipinski definition) is 5. The fourth-order valence-corrected chi connectivity index (χ4v) is 4.45. The summed E-state index contributed by atoms with van der Waals surface area (Å²) in [5.41, 5.74) is 0.900. The molecular weight excluding hydrogens is 456 g/mol. The van der Waals surface area contributed by atoms with Crippen LogP contribution in [0.1, 0.15) is 59.9 Å². The highest BCUT2D eigenvalue weighted by Crippen LogP contribution is 2.22. The van der Waals surface area contributed by atoms with Crippen molar-refractivity contribution in [2.75, 3.05) is 14.1 Å². The number of fused-ring (bicyclic) bond motifs is 10. The lowest BCUT2D eigenvalue weighted by molar-refractivity contribution is -0.137. The molecule has 0 saturated carbocycles. The second-order valence-electron chi connectivity index (χ2n) is 10.7. The SMILES string of the molecule is CCC(C)C(C(=O)NC1C(=O)NC(CC(C)C)C(=O)N/C=C/c2ccc(cc2)OC1C(C)C)N(C)C. The monoisotopic (exact) mass is 500 g/mol. The molecule has 0 radical (unpaired) electrons. The first-order chi connectivity index (χ1) is 16.9. The average molecular weight is 501 g/mol. The van der Waals surface area contributed by atoms with Crippen LogP contribution in [0.5, 0.6) is 5.75 Å². The van der Waals surface area contributed by atoms with Gasteiger partial charge in [-0.3, -0.25) is 19.3 Å². The molecular formula is C28H44N4O4. The Balaban J connectivity index is 2.52. The Labute approximate surface area is 216 Å². The number of amides is 3. The maximum absolute atomic E-state index is 13.7. The number of nitrogens with zero attached hydrogens (tertiary/aromatic N) is 1. The zero-order valence-electron chi connectivity index (χ0n) is 23.0. The van der Waals surface area contributed by atoms with Crippen LogP contribution in [-0.4, -0.2) is 60.9 Å². The summed E-state index contributed by atoms with van der Waals surface area (Å²) in [5.74, 6) is -0.241. The van der Waals surface area contributed by atoms with E-state index >= 15 is 0 Å². The van der Waals surface area contributed by atoms with Crippen LogP contribution in [0, 0.1) is 17.8 Å². The molecule has 0 aliphatic carbocycles. The van der Waals surface area contributed by atoms with Gasteiger partial charge >= 0.3 is 0 Å². The summed E-state index contributed by atoms with van der Waals surface area (Å²) in [6, 6.07) is 5.24. The topological polar surface area (TPSA) is 99.8 Å². The van der Waals surface area contributed by atoms with E-state index < -0.39 is 30.1 Å². The van der Waals surface area contributed by atoms with Crippen molar-refractivity contribution in [1.82, 2.24) is 20.9 Å². The zero-order valence-corrected chi connectivity index (χ0v) is 23.0. The summed E-state index contributed by atoms with van der Waals surface area (Å²) in [5, 5.41) is 8.68. The van der Waals surface area contributed by atoms with E-state index in [1.807, 2.05) is 84.8 Å². The van der Waals surface area contributed by atoms with Crippen molar-refractivity contribution >= 4 is 23.8 Å². The molecule has 2 aliphatic rings.